The number of rotatable bonds is 6. The van der Waals surface area contributed by atoms with Crippen molar-refractivity contribution < 1.29 is 9.53 Å². The van der Waals surface area contributed by atoms with Crippen LogP contribution in [0.3, 0.4) is 0 Å². The van der Waals surface area contributed by atoms with Crippen molar-refractivity contribution in [3.8, 4) is 0 Å². The molecule has 1 aliphatic rings. The van der Waals surface area contributed by atoms with E-state index in [2.05, 4.69) is 21.2 Å². The summed E-state index contributed by atoms with van der Waals surface area (Å²) in [4.78, 5) is 11.7. The van der Waals surface area contributed by atoms with E-state index in [0.717, 1.165) is 24.1 Å². The summed E-state index contributed by atoms with van der Waals surface area (Å²) in [7, 11) is 0. The third kappa shape index (κ3) is 8.13. The first-order chi connectivity index (χ1) is 9.40. The highest BCUT2D eigenvalue weighted by Crippen LogP contribution is 2.28. The second-order valence-corrected chi connectivity index (χ2v) is 7.70. The Hall–Kier alpha value is -0.250. The summed E-state index contributed by atoms with van der Waals surface area (Å²) in [6, 6.07) is 0.309. The molecule has 3 nitrogen and oxygen atoms in total. The number of hydrogen-bond donors (Lipinski definition) is 1. The van der Waals surface area contributed by atoms with Crippen molar-refractivity contribution in [2.45, 2.75) is 83.8 Å². The Bertz CT molecular complexity index is 281. The summed E-state index contributed by atoms with van der Waals surface area (Å²) in [6.07, 6.45) is 9.75. The summed E-state index contributed by atoms with van der Waals surface area (Å²) in [5.41, 5.74) is -0.406. The first-order valence-electron chi connectivity index (χ1n) is 7.96. The van der Waals surface area contributed by atoms with Crippen LogP contribution in [0, 0.1) is 5.92 Å². The van der Waals surface area contributed by atoms with Gasteiger partial charge in [-0.05, 0) is 58.8 Å². The maximum atomic E-state index is 11.7. The van der Waals surface area contributed by atoms with Crippen LogP contribution in [0.1, 0.15) is 72.1 Å². The minimum atomic E-state index is -0.406. The van der Waals surface area contributed by atoms with Gasteiger partial charge in [0.1, 0.15) is 5.60 Å². The van der Waals surface area contributed by atoms with Gasteiger partial charge in [-0.1, -0.05) is 35.2 Å². The fraction of sp³-hybridized carbons (Fsp3) is 0.938. The zero-order valence-corrected chi connectivity index (χ0v) is 14.8. The van der Waals surface area contributed by atoms with Crippen LogP contribution < -0.4 is 5.32 Å². The second-order valence-electron chi connectivity index (χ2n) is 6.90. The molecule has 0 aromatic rings. The van der Waals surface area contributed by atoms with Gasteiger partial charge < -0.3 is 10.1 Å². The second kappa shape index (κ2) is 8.91. The Kier molecular flexibility index (Phi) is 7.93. The molecule has 20 heavy (non-hydrogen) atoms. The van der Waals surface area contributed by atoms with E-state index in [9.17, 15) is 4.79 Å². The van der Waals surface area contributed by atoms with Crippen LogP contribution in [0.25, 0.3) is 0 Å². The molecule has 1 N–H and O–H groups in total. The molecule has 0 bridgehead atoms. The number of carbonyl (C=O) groups is 1. The molecule has 118 valence electrons. The van der Waals surface area contributed by atoms with Crippen molar-refractivity contribution in [2.75, 3.05) is 5.33 Å². The van der Waals surface area contributed by atoms with E-state index in [1.54, 1.807) is 0 Å². The lowest BCUT2D eigenvalue weighted by molar-refractivity contribution is 0.0486. The maximum absolute atomic E-state index is 11.7. The Balaban J connectivity index is 2.14. The smallest absolute Gasteiger partial charge is 0.407 e. The number of alkyl halides is 1. The molecule has 1 aliphatic carbocycles. The predicted octanol–water partition coefficient (Wildman–Crippen LogP) is 5.03. The van der Waals surface area contributed by atoms with Gasteiger partial charge in [0.25, 0.3) is 0 Å². The Morgan fingerprint density at radius 2 is 1.80 bits per heavy atom. The normalized spacial score (nSPS) is 23.4. The van der Waals surface area contributed by atoms with Crippen molar-refractivity contribution in [1.29, 1.82) is 0 Å². The van der Waals surface area contributed by atoms with Crippen LogP contribution in [-0.4, -0.2) is 23.1 Å². The van der Waals surface area contributed by atoms with Gasteiger partial charge in [0.05, 0.1) is 0 Å². The van der Waals surface area contributed by atoms with Gasteiger partial charge >= 0.3 is 6.09 Å². The molecule has 1 saturated carbocycles. The molecule has 0 unspecified atom stereocenters. The molecule has 0 aromatic carbocycles. The SMILES string of the molecule is CC(C)(C)OC(=O)N[C@H]1CC[C@H](CCCCCBr)CC1. The molecule has 0 heterocycles. The summed E-state index contributed by atoms with van der Waals surface area (Å²) in [6.45, 7) is 5.70. The monoisotopic (exact) mass is 347 g/mol. The van der Waals surface area contributed by atoms with E-state index in [1.165, 1.54) is 38.5 Å². The lowest BCUT2D eigenvalue weighted by atomic mass is 9.83. The van der Waals surface area contributed by atoms with Gasteiger partial charge in [0.2, 0.25) is 0 Å². The van der Waals surface area contributed by atoms with E-state index in [-0.39, 0.29) is 6.09 Å². The van der Waals surface area contributed by atoms with Crippen LogP contribution in [0.15, 0.2) is 0 Å². The zero-order valence-electron chi connectivity index (χ0n) is 13.2. The highest BCUT2D eigenvalue weighted by atomic mass is 79.9. The number of nitrogens with one attached hydrogen (secondary N) is 1. The number of ether oxygens (including phenoxy) is 1. The third-order valence-electron chi connectivity index (χ3n) is 3.81. The number of carbonyl (C=O) groups excluding carboxylic acids is 1. The van der Waals surface area contributed by atoms with E-state index < -0.39 is 5.60 Å². The quantitative estimate of drug-likeness (QED) is 0.540. The minimum Gasteiger partial charge on any atom is -0.444 e. The van der Waals surface area contributed by atoms with E-state index in [1.807, 2.05) is 20.8 Å². The molecule has 0 atom stereocenters. The summed E-state index contributed by atoms with van der Waals surface area (Å²) >= 11 is 3.47. The zero-order chi connectivity index (χ0) is 15.0. The molecular formula is C16H30BrNO2. The number of halogens is 1. The topological polar surface area (TPSA) is 38.3 Å². The van der Waals surface area contributed by atoms with Gasteiger partial charge in [-0.15, -0.1) is 0 Å². The van der Waals surface area contributed by atoms with Crippen molar-refractivity contribution >= 4 is 22.0 Å². The Labute approximate surface area is 132 Å². The highest BCUT2D eigenvalue weighted by molar-refractivity contribution is 9.09. The number of amides is 1. The van der Waals surface area contributed by atoms with Crippen LogP contribution in [0.5, 0.6) is 0 Å². The molecular weight excluding hydrogens is 318 g/mol. The molecule has 1 amide bonds. The number of hydrogen-bond acceptors (Lipinski definition) is 2. The molecule has 0 spiro atoms. The van der Waals surface area contributed by atoms with Gasteiger partial charge in [0.15, 0.2) is 0 Å². The number of alkyl carbamates (subject to hydrolysis) is 1. The van der Waals surface area contributed by atoms with E-state index >= 15 is 0 Å². The number of unbranched alkanes of at least 4 members (excludes halogenated alkanes) is 2. The first-order valence-corrected chi connectivity index (χ1v) is 9.08. The fourth-order valence-electron chi connectivity index (χ4n) is 2.77. The van der Waals surface area contributed by atoms with Gasteiger partial charge in [-0.3, -0.25) is 0 Å². The molecule has 0 aliphatic heterocycles. The molecule has 4 heteroatoms. The Morgan fingerprint density at radius 3 is 2.35 bits per heavy atom. The van der Waals surface area contributed by atoms with Crippen LogP contribution in [0.4, 0.5) is 4.79 Å². The van der Waals surface area contributed by atoms with Gasteiger partial charge in [0, 0.05) is 11.4 Å². The van der Waals surface area contributed by atoms with Crippen LogP contribution in [0.2, 0.25) is 0 Å². The van der Waals surface area contributed by atoms with Crippen molar-refractivity contribution in [3.05, 3.63) is 0 Å². The highest BCUT2D eigenvalue weighted by Gasteiger charge is 2.24. The van der Waals surface area contributed by atoms with Crippen LogP contribution in [-0.2, 0) is 4.74 Å². The summed E-state index contributed by atoms with van der Waals surface area (Å²) in [5, 5.41) is 4.13. The van der Waals surface area contributed by atoms with Crippen molar-refractivity contribution in [1.82, 2.24) is 5.32 Å². The van der Waals surface area contributed by atoms with E-state index in [0.29, 0.717) is 6.04 Å². The average Bonchev–Trinajstić information content (AvgIpc) is 2.34. The van der Waals surface area contributed by atoms with Gasteiger partial charge in [-0.2, -0.15) is 0 Å². The fourth-order valence-corrected chi connectivity index (χ4v) is 3.17. The summed E-state index contributed by atoms with van der Waals surface area (Å²) < 4.78 is 5.30. The minimum absolute atomic E-state index is 0.265. The standard InChI is InChI=1S/C16H30BrNO2/c1-16(2,3)20-15(19)18-14-10-8-13(9-11-14)7-5-4-6-12-17/h13-14H,4-12H2,1-3H3,(H,18,19)/t13-,14-. The molecule has 0 radical (unpaired) electrons. The third-order valence-corrected chi connectivity index (χ3v) is 4.37. The molecule has 0 aromatic heterocycles. The molecule has 1 rings (SSSR count). The lowest BCUT2D eigenvalue weighted by Gasteiger charge is -2.30. The van der Waals surface area contributed by atoms with Gasteiger partial charge in [-0.25, -0.2) is 4.79 Å². The molecule has 0 saturated heterocycles. The maximum Gasteiger partial charge on any atom is 0.407 e. The summed E-state index contributed by atoms with van der Waals surface area (Å²) in [5.74, 6) is 0.863. The van der Waals surface area contributed by atoms with Crippen LogP contribution >= 0.6 is 15.9 Å². The van der Waals surface area contributed by atoms with E-state index in [4.69, 9.17) is 4.74 Å². The largest absolute Gasteiger partial charge is 0.444 e. The van der Waals surface area contributed by atoms with Crippen molar-refractivity contribution in [2.24, 2.45) is 5.92 Å². The predicted molar refractivity (Wildman–Crippen MR) is 87.4 cm³/mol. The molecule has 1 fully saturated rings. The average molecular weight is 348 g/mol. The lowest BCUT2D eigenvalue weighted by Crippen LogP contribution is -2.40. The van der Waals surface area contributed by atoms with Crippen molar-refractivity contribution in [3.63, 3.8) is 0 Å². The Morgan fingerprint density at radius 1 is 1.15 bits per heavy atom. The first kappa shape index (κ1) is 17.8.